The highest BCUT2D eigenvalue weighted by atomic mass is 19.1. The van der Waals surface area contributed by atoms with Crippen LogP contribution in [0.2, 0.25) is 0 Å². The molecule has 3 amide bonds. The number of aliphatic hydroxyl groups is 1. The van der Waals surface area contributed by atoms with Crippen molar-refractivity contribution in [3.63, 3.8) is 0 Å². The zero-order valence-corrected chi connectivity index (χ0v) is 22.2. The summed E-state index contributed by atoms with van der Waals surface area (Å²) in [5.74, 6) is 0.450. The highest BCUT2D eigenvalue weighted by Crippen LogP contribution is 2.50. The molecular formula is C29H35FN4O4. The average molecular weight is 523 g/mol. The molecule has 5 rings (SSSR count). The van der Waals surface area contributed by atoms with Gasteiger partial charge in [-0.15, -0.1) is 0 Å². The molecule has 0 saturated carbocycles. The molecule has 2 N–H and O–H groups in total. The number of aryl methyl sites for hydroxylation is 1. The van der Waals surface area contributed by atoms with Gasteiger partial charge < -0.3 is 29.5 Å². The highest BCUT2D eigenvalue weighted by Gasteiger charge is 2.49. The van der Waals surface area contributed by atoms with Crippen LogP contribution < -0.4 is 10.1 Å². The summed E-state index contributed by atoms with van der Waals surface area (Å²) in [5.41, 5.74) is 2.92. The van der Waals surface area contributed by atoms with E-state index in [1.165, 1.54) is 12.1 Å². The number of aromatic nitrogens is 1. The lowest BCUT2D eigenvalue weighted by molar-refractivity contribution is -0.133. The number of piperidine rings is 1. The van der Waals surface area contributed by atoms with Crippen LogP contribution in [-0.2, 0) is 17.3 Å². The number of amides is 3. The summed E-state index contributed by atoms with van der Waals surface area (Å²) in [7, 11) is 3.58. The van der Waals surface area contributed by atoms with Crippen LogP contribution in [0.4, 0.5) is 14.9 Å². The molecule has 1 aromatic heterocycles. The number of carbonyl (C=O) groups excluding carboxylic acids is 2. The number of anilines is 1. The molecule has 0 aliphatic carbocycles. The number of hydrogen-bond donors (Lipinski definition) is 2. The molecule has 1 spiro atoms. The van der Waals surface area contributed by atoms with Gasteiger partial charge in [0.25, 0.3) is 0 Å². The maximum atomic E-state index is 13.8. The van der Waals surface area contributed by atoms with Crippen molar-refractivity contribution >= 4 is 28.5 Å². The smallest absolute Gasteiger partial charge is 0.322 e. The van der Waals surface area contributed by atoms with Crippen LogP contribution in [0.1, 0.15) is 49.9 Å². The van der Waals surface area contributed by atoms with Crippen molar-refractivity contribution in [3.8, 4) is 5.75 Å². The van der Waals surface area contributed by atoms with Gasteiger partial charge in [-0.2, -0.15) is 0 Å². The van der Waals surface area contributed by atoms with Gasteiger partial charge in [0.2, 0.25) is 5.91 Å². The molecule has 1 atom stereocenters. The van der Waals surface area contributed by atoms with Crippen molar-refractivity contribution in [1.82, 2.24) is 14.4 Å². The maximum absolute atomic E-state index is 13.8. The lowest BCUT2D eigenvalue weighted by Crippen LogP contribution is -2.56. The van der Waals surface area contributed by atoms with E-state index in [9.17, 15) is 19.1 Å². The number of methoxy groups -OCH3 is 1. The van der Waals surface area contributed by atoms with Gasteiger partial charge in [0.05, 0.1) is 25.3 Å². The Morgan fingerprint density at radius 2 is 1.95 bits per heavy atom. The van der Waals surface area contributed by atoms with Crippen molar-refractivity contribution in [1.29, 1.82) is 0 Å². The second kappa shape index (κ2) is 10.3. The Labute approximate surface area is 222 Å². The topological polar surface area (TPSA) is 87.0 Å². The van der Waals surface area contributed by atoms with Gasteiger partial charge >= 0.3 is 6.03 Å². The minimum atomic E-state index is -0.590. The number of nitrogens with one attached hydrogen (secondary N) is 1. The lowest BCUT2D eigenvalue weighted by atomic mass is 9.68. The summed E-state index contributed by atoms with van der Waals surface area (Å²) < 4.78 is 21.4. The number of urea groups is 1. The molecule has 1 fully saturated rings. The molecule has 0 radical (unpaired) electrons. The number of benzene rings is 2. The zero-order chi connectivity index (χ0) is 27.0. The number of aliphatic hydroxyl groups excluding tert-OH is 1. The number of halogens is 1. The Morgan fingerprint density at radius 3 is 2.61 bits per heavy atom. The first-order chi connectivity index (χ1) is 18.3. The van der Waals surface area contributed by atoms with Crippen LogP contribution in [0.15, 0.2) is 42.5 Å². The van der Waals surface area contributed by atoms with E-state index < -0.39 is 23.3 Å². The Bertz CT molecular complexity index is 1360. The van der Waals surface area contributed by atoms with Crippen molar-refractivity contribution < 1.29 is 23.8 Å². The average Bonchev–Trinajstić information content (AvgIpc) is 3.21. The molecular weight excluding hydrogens is 487 g/mol. The number of likely N-dealkylation sites (tertiary alicyclic amines) is 1. The van der Waals surface area contributed by atoms with Crippen molar-refractivity contribution in [2.75, 3.05) is 38.7 Å². The molecule has 2 aliphatic rings. The molecule has 8 nitrogen and oxygen atoms in total. The molecule has 3 heterocycles. The molecule has 0 bridgehead atoms. The second-order valence-electron chi connectivity index (χ2n) is 10.4. The third-order valence-corrected chi connectivity index (χ3v) is 8.20. The van der Waals surface area contributed by atoms with Gasteiger partial charge in [-0.3, -0.25) is 4.79 Å². The summed E-state index contributed by atoms with van der Waals surface area (Å²) in [6.45, 7) is 3.34. The van der Waals surface area contributed by atoms with Gasteiger partial charge in [0.1, 0.15) is 11.6 Å². The lowest BCUT2D eigenvalue weighted by Gasteiger charge is -2.50. The van der Waals surface area contributed by atoms with Gasteiger partial charge in [0, 0.05) is 61.4 Å². The van der Waals surface area contributed by atoms with E-state index in [1.807, 2.05) is 35.6 Å². The largest absolute Gasteiger partial charge is 0.497 e. The zero-order valence-electron chi connectivity index (χ0n) is 22.2. The van der Waals surface area contributed by atoms with Crippen LogP contribution in [0.25, 0.3) is 10.9 Å². The summed E-state index contributed by atoms with van der Waals surface area (Å²) in [4.78, 5) is 29.9. The van der Waals surface area contributed by atoms with E-state index in [2.05, 4.69) is 11.4 Å². The normalized spacial score (nSPS) is 18.5. The van der Waals surface area contributed by atoms with Crippen LogP contribution in [0, 0.1) is 5.82 Å². The Morgan fingerprint density at radius 1 is 1.18 bits per heavy atom. The van der Waals surface area contributed by atoms with Gasteiger partial charge in [-0.25, -0.2) is 9.18 Å². The van der Waals surface area contributed by atoms with E-state index in [4.69, 9.17) is 4.74 Å². The van der Waals surface area contributed by atoms with E-state index in [1.54, 1.807) is 24.1 Å². The second-order valence-corrected chi connectivity index (χ2v) is 10.4. The van der Waals surface area contributed by atoms with Crippen LogP contribution >= 0.6 is 0 Å². The van der Waals surface area contributed by atoms with Crippen LogP contribution in [-0.4, -0.2) is 64.8 Å². The van der Waals surface area contributed by atoms with Crippen molar-refractivity contribution in [2.45, 2.75) is 44.1 Å². The first-order valence-corrected chi connectivity index (χ1v) is 13.2. The Balaban J connectivity index is 1.60. The number of carbonyl (C=O) groups is 2. The SMILES string of the molecule is CCCC(=O)N1CCC2(CC1)CN(C(=O)Nc1cccc(F)c1)[C@H](CO)c1c2c2ccc(OC)cc2n1C. The maximum Gasteiger partial charge on any atom is 0.322 e. The fraction of sp³-hybridized carbons (Fsp3) is 0.448. The number of ether oxygens (including phenoxy) is 1. The molecule has 3 aromatic rings. The predicted octanol–water partition coefficient (Wildman–Crippen LogP) is 4.57. The summed E-state index contributed by atoms with van der Waals surface area (Å²) in [6.07, 6.45) is 2.73. The molecule has 38 heavy (non-hydrogen) atoms. The third kappa shape index (κ3) is 4.38. The van der Waals surface area contributed by atoms with Gasteiger partial charge in [0.15, 0.2) is 0 Å². The Kier molecular flexibility index (Phi) is 7.05. The molecule has 9 heteroatoms. The Hall–Kier alpha value is -3.59. The molecule has 2 aliphatic heterocycles. The first kappa shape index (κ1) is 26.0. The fourth-order valence-electron chi connectivity index (χ4n) is 6.30. The molecule has 0 unspecified atom stereocenters. The predicted molar refractivity (Wildman–Crippen MR) is 144 cm³/mol. The molecule has 2 aromatic carbocycles. The van der Waals surface area contributed by atoms with E-state index in [0.29, 0.717) is 44.6 Å². The number of rotatable bonds is 5. The standard InChI is InChI=1S/C29H35FN4O4/c1-4-6-25(36)33-13-11-29(12-14-33)18-34(28(37)31-20-8-5-7-19(30)15-20)24(17-35)27-26(29)22-10-9-21(38-3)16-23(22)32(27)2/h5,7-10,15-16,24,35H,4,6,11-14,17-18H2,1-3H3,(H,31,37)/t24-/m1/s1. The third-order valence-electron chi connectivity index (χ3n) is 8.20. The molecule has 1 saturated heterocycles. The van der Waals surface area contributed by atoms with E-state index >= 15 is 0 Å². The van der Waals surface area contributed by atoms with Crippen LogP contribution in [0.3, 0.4) is 0 Å². The van der Waals surface area contributed by atoms with Crippen molar-refractivity contribution in [3.05, 3.63) is 59.5 Å². The van der Waals surface area contributed by atoms with Gasteiger partial charge in [-0.05, 0) is 55.2 Å². The van der Waals surface area contributed by atoms with Gasteiger partial charge in [-0.1, -0.05) is 13.0 Å². The molecule has 202 valence electrons. The first-order valence-electron chi connectivity index (χ1n) is 13.2. The summed E-state index contributed by atoms with van der Waals surface area (Å²) >= 11 is 0. The minimum absolute atomic E-state index is 0.162. The minimum Gasteiger partial charge on any atom is -0.497 e. The quantitative estimate of drug-likeness (QED) is 0.514. The summed E-state index contributed by atoms with van der Waals surface area (Å²) in [5, 5.41) is 14.5. The van der Waals surface area contributed by atoms with Crippen molar-refractivity contribution in [2.24, 2.45) is 7.05 Å². The van der Waals surface area contributed by atoms with E-state index in [-0.39, 0.29) is 12.5 Å². The number of hydrogen-bond acceptors (Lipinski definition) is 4. The number of nitrogens with zero attached hydrogens (tertiary/aromatic N) is 3. The highest BCUT2D eigenvalue weighted by molar-refractivity contribution is 5.92. The number of fused-ring (bicyclic) bond motifs is 4. The fourth-order valence-corrected chi connectivity index (χ4v) is 6.30. The summed E-state index contributed by atoms with van der Waals surface area (Å²) in [6, 6.07) is 10.8. The van der Waals surface area contributed by atoms with E-state index in [0.717, 1.165) is 34.3 Å². The monoisotopic (exact) mass is 522 g/mol. The van der Waals surface area contributed by atoms with Crippen LogP contribution in [0.5, 0.6) is 5.75 Å².